The van der Waals surface area contributed by atoms with Gasteiger partial charge in [-0.05, 0) is 18.6 Å². The van der Waals surface area contributed by atoms with Crippen molar-refractivity contribution in [1.29, 1.82) is 0 Å². The van der Waals surface area contributed by atoms with E-state index in [-0.39, 0.29) is 6.03 Å². The Labute approximate surface area is 125 Å². The van der Waals surface area contributed by atoms with Crippen molar-refractivity contribution in [1.82, 2.24) is 5.32 Å². The lowest BCUT2D eigenvalue weighted by Gasteiger charge is -2.10. The molecule has 0 aliphatic heterocycles. The minimum Gasteiger partial charge on any atom is -0.497 e. The fraction of sp³-hybridized carbons (Fsp3) is 0.385. The lowest BCUT2D eigenvalue weighted by atomic mass is 10.1. The van der Waals surface area contributed by atoms with Gasteiger partial charge >= 0.3 is 12.0 Å². The van der Waals surface area contributed by atoms with E-state index in [2.05, 4.69) is 26.6 Å². The van der Waals surface area contributed by atoms with Crippen LogP contribution in [-0.2, 0) is 4.79 Å². The molecule has 1 atom stereocenters. The molecule has 0 aliphatic carbocycles. The predicted molar refractivity (Wildman–Crippen MR) is 79.1 cm³/mol. The van der Waals surface area contributed by atoms with E-state index >= 15 is 0 Å². The Morgan fingerprint density at radius 1 is 1.40 bits per heavy atom. The second-order valence-electron chi connectivity index (χ2n) is 4.29. The first-order valence-electron chi connectivity index (χ1n) is 6.04. The van der Waals surface area contributed by atoms with Crippen molar-refractivity contribution < 1.29 is 19.4 Å². The molecule has 0 aliphatic rings. The number of amides is 2. The van der Waals surface area contributed by atoms with E-state index in [0.29, 0.717) is 24.4 Å². The molecule has 0 radical (unpaired) electrons. The summed E-state index contributed by atoms with van der Waals surface area (Å²) >= 11 is 3.31. The summed E-state index contributed by atoms with van der Waals surface area (Å²) in [5.41, 5.74) is 0.583. The van der Waals surface area contributed by atoms with Crippen LogP contribution >= 0.6 is 15.9 Å². The summed E-state index contributed by atoms with van der Waals surface area (Å²) in [5, 5.41) is 14.0. The van der Waals surface area contributed by atoms with Crippen LogP contribution in [0.5, 0.6) is 5.75 Å². The zero-order valence-corrected chi connectivity index (χ0v) is 12.9. The molecule has 1 unspecified atom stereocenters. The first-order valence-corrected chi connectivity index (χ1v) is 6.84. The van der Waals surface area contributed by atoms with Gasteiger partial charge in [-0.15, -0.1) is 0 Å². The molecule has 0 spiro atoms. The van der Waals surface area contributed by atoms with Crippen molar-refractivity contribution in [3.63, 3.8) is 0 Å². The highest BCUT2D eigenvalue weighted by atomic mass is 79.9. The van der Waals surface area contributed by atoms with E-state index in [1.54, 1.807) is 32.2 Å². The molecular weight excluding hydrogens is 328 g/mol. The number of carbonyl (C=O) groups is 2. The number of rotatable bonds is 6. The van der Waals surface area contributed by atoms with Gasteiger partial charge in [0.05, 0.1) is 13.0 Å². The zero-order valence-electron chi connectivity index (χ0n) is 11.3. The molecule has 0 saturated heterocycles. The third kappa shape index (κ3) is 5.48. The fourth-order valence-corrected chi connectivity index (χ4v) is 1.93. The number of halogens is 1. The van der Waals surface area contributed by atoms with Gasteiger partial charge in [-0.3, -0.25) is 4.79 Å². The molecule has 1 aromatic carbocycles. The average molecular weight is 345 g/mol. The number of urea groups is 1. The monoisotopic (exact) mass is 344 g/mol. The fourth-order valence-electron chi connectivity index (χ4n) is 1.45. The Kier molecular flexibility index (Phi) is 6.30. The van der Waals surface area contributed by atoms with Crippen LogP contribution in [0.3, 0.4) is 0 Å². The average Bonchev–Trinajstić information content (AvgIpc) is 2.37. The van der Waals surface area contributed by atoms with Crippen molar-refractivity contribution in [2.24, 2.45) is 5.92 Å². The van der Waals surface area contributed by atoms with Crippen molar-refractivity contribution in [2.75, 3.05) is 19.0 Å². The molecule has 3 N–H and O–H groups in total. The van der Waals surface area contributed by atoms with Gasteiger partial charge in [0.2, 0.25) is 0 Å². The molecule has 1 aromatic rings. The molecule has 7 heteroatoms. The smallest absolute Gasteiger partial charge is 0.319 e. The third-order valence-corrected chi connectivity index (χ3v) is 3.11. The number of aliphatic carboxylic acids is 1. The van der Waals surface area contributed by atoms with Crippen LogP contribution in [0.1, 0.15) is 13.3 Å². The standard InChI is InChI=1S/C13H17BrN2O4/c1-8(12(17)18)3-4-15-13(19)16-10-5-9(14)6-11(7-10)20-2/h5-8H,3-4H2,1-2H3,(H,17,18)(H2,15,16,19). The van der Waals surface area contributed by atoms with E-state index < -0.39 is 11.9 Å². The molecule has 110 valence electrons. The maximum Gasteiger partial charge on any atom is 0.319 e. The maximum absolute atomic E-state index is 11.6. The summed E-state index contributed by atoms with van der Waals surface area (Å²) in [4.78, 5) is 22.3. The second-order valence-corrected chi connectivity index (χ2v) is 5.20. The summed E-state index contributed by atoms with van der Waals surface area (Å²) in [6.07, 6.45) is 0.380. The van der Waals surface area contributed by atoms with Gasteiger partial charge in [-0.2, -0.15) is 0 Å². The Morgan fingerprint density at radius 2 is 2.10 bits per heavy atom. The summed E-state index contributed by atoms with van der Waals surface area (Å²) in [5.74, 6) is -0.737. The number of nitrogens with one attached hydrogen (secondary N) is 2. The Balaban J connectivity index is 2.46. The number of carbonyl (C=O) groups excluding carboxylic acids is 1. The lowest BCUT2D eigenvalue weighted by molar-refractivity contribution is -0.141. The molecule has 0 saturated carbocycles. The van der Waals surface area contributed by atoms with E-state index in [1.165, 1.54) is 0 Å². The molecule has 0 fully saturated rings. The van der Waals surface area contributed by atoms with Gasteiger partial charge in [0, 0.05) is 22.8 Å². The number of carboxylic acid groups (broad SMARTS) is 1. The van der Waals surface area contributed by atoms with Crippen molar-refractivity contribution in [3.05, 3.63) is 22.7 Å². The number of ether oxygens (including phenoxy) is 1. The van der Waals surface area contributed by atoms with Gasteiger partial charge in [-0.25, -0.2) is 4.79 Å². The Hall–Kier alpha value is -1.76. The minimum atomic E-state index is -0.871. The molecular formula is C13H17BrN2O4. The predicted octanol–water partition coefficient (Wildman–Crippen LogP) is 2.69. The highest BCUT2D eigenvalue weighted by Crippen LogP contribution is 2.24. The topological polar surface area (TPSA) is 87.7 Å². The molecule has 0 aromatic heterocycles. The largest absolute Gasteiger partial charge is 0.497 e. The maximum atomic E-state index is 11.6. The van der Waals surface area contributed by atoms with Gasteiger partial charge in [-0.1, -0.05) is 22.9 Å². The molecule has 6 nitrogen and oxygen atoms in total. The number of methoxy groups -OCH3 is 1. The second kappa shape index (κ2) is 7.74. The summed E-state index contributed by atoms with van der Waals surface area (Å²) < 4.78 is 5.87. The van der Waals surface area contributed by atoms with Crippen LogP contribution in [0.25, 0.3) is 0 Å². The van der Waals surface area contributed by atoms with E-state index in [4.69, 9.17) is 9.84 Å². The van der Waals surface area contributed by atoms with Crippen LogP contribution in [-0.4, -0.2) is 30.8 Å². The van der Waals surface area contributed by atoms with Crippen LogP contribution in [0, 0.1) is 5.92 Å². The Morgan fingerprint density at radius 3 is 2.70 bits per heavy atom. The molecule has 0 bridgehead atoms. The quantitative estimate of drug-likeness (QED) is 0.740. The Bertz CT molecular complexity index is 493. The third-order valence-electron chi connectivity index (χ3n) is 2.65. The van der Waals surface area contributed by atoms with Crippen LogP contribution in [0.2, 0.25) is 0 Å². The minimum absolute atomic E-state index is 0.296. The van der Waals surface area contributed by atoms with Crippen LogP contribution in [0.4, 0.5) is 10.5 Å². The number of hydrogen-bond acceptors (Lipinski definition) is 3. The van der Waals surface area contributed by atoms with E-state index in [0.717, 1.165) is 4.47 Å². The van der Waals surface area contributed by atoms with E-state index in [9.17, 15) is 9.59 Å². The van der Waals surface area contributed by atoms with Gasteiger partial charge in [0.1, 0.15) is 5.75 Å². The summed E-state index contributed by atoms with van der Waals surface area (Å²) in [6, 6.07) is 4.81. The zero-order chi connectivity index (χ0) is 15.1. The molecule has 2 amide bonds. The molecule has 1 rings (SSSR count). The number of carboxylic acids is 1. The summed E-state index contributed by atoms with van der Waals surface area (Å²) in [6.45, 7) is 1.89. The van der Waals surface area contributed by atoms with Crippen LogP contribution in [0.15, 0.2) is 22.7 Å². The molecule has 20 heavy (non-hydrogen) atoms. The van der Waals surface area contributed by atoms with Crippen molar-refractivity contribution in [2.45, 2.75) is 13.3 Å². The summed E-state index contributed by atoms with van der Waals surface area (Å²) in [7, 11) is 1.54. The normalized spacial score (nSPS) is 11.6. The highest BCUT2D eigenvalue weighted by Gasteiger charge is 2.11. The number of anilines is 1. The van der Waals surface area contributed by atoms with Crippen LogP contribution < -0.4 is 15.4 Å². The first-order chi connectivity index (χ1) is 9.42. The van der Waals surface area contributed by atoms with Gasteiger partial charge in [0.15, 0.2) is 0 Å². The van der Waals surface area contributed by atoms with E-state index in [1.807, 2.05) is 0 Å². The highest BCUT2D eigenvalue weighted by molar-refractivity contribution is 9.10. The number of hydrogen-bond donors (Lipinski definition) is 3. The first kappa shape index (κ1) is 16.3. The van der Waals surface area contributed by atoms with Gasteiger partial charge < -0.3 is 20.5 Å². The van der Waals surface area contributed by atoms with Crippen molar-refractivity contribution in [3.8, 4) is 5.75 Å². The lowest BCUT2D eigenvalue weighted by Crippen LogP contribution is -2.31. The van der Waals surface area contributed by atoms with Gasteiger partial charge in [0.25, 0.3) is 0 Å². The molecule has 0 heterocycles. The SMILES string of the molecule is COc1cc(Br)cc(NC(=O)NCCC(C)C(=O)O)c1. The van der Waals surface area contributed by atoms with Crippen molar-refractivity contribution >= 4 is 33.6 Å². The number of benzene rings is 1.